The van der Waals surface area contributed by atoms with Gasteiger partial charge in [0.2, 0.25) is 5.91 Å². The van der Waals surface area contributed by atoms with Crippen LogP contribution in [0, 0.1) is 5.41 Å². The van der Waals surface area contributed by atoms with Crippen LogP contribution < -0.4 is 11.1 Å². The lowest BCUT2D eigenvalue weighted by molar-refractivity contribution is -0.121. The number of nitrogen functional groups attached to an aromatic ring is 1. The quantitative estimate of drug-likeness (QED) is 0.617. The molecule has 0 aromatic carbocycles. The molecule has 1 spiro atoms. The zero-order valence-electron chi connectivity index (χ0n) is 7.58. The molecule has 0 bridgehead atoms. The molecular weight excluding hydrogens is 180 g/mol. The second kappa shape index (κ2) is 2.23. The van der Waals surface area contributed by atoms with Crippen molar-refractivity contribution >= 4 is 17.5 Å². The number of nitrogens with two attached hydrogens (primary N) is 1. The van der Waals surface area contributed by atoms with Crippen LogP contribution in [0.1, 0.15) is 18.5 Å². The summed E-state index contributed by atoms with van der Waals surface area (Å²) in [4.78, 5) is 19.9. The minimum atomic E-state index is -0.169. The smallest absolute Gasteiger partial charge is 0.232 e. The molecule has 2 heterocycles. The Morgan fingerprint density at radius 1 is 1.50 bits per heavy atom. The van der Waals surface area contributed by atoms with E-state index in [0.717, 1.165) is 18.5 Å². The zero-order valence-corrected chi connectivity index (χ0v) is 7.58. The molecule has 5 nitrogen and oxygen atoms in total. The molecule has 0 radical (unpaired) electrons. The lowest BCUT2D eigenvalue weighted by Gasteiger charge is -2.22. The van der Waals surface area contributed by atoms with Crippen LogP contribution in [0.4, 0.5) is 11.6 Å². The third-order valence-electron chi connectivity index (χ3n) is 2.94. The van der Waals surface area contributed by atoms with Gasteiger partial charge in [-0.1, -0.05) is 0 Å². The van der Waals surface area contributed by atoms with E-state index in [9.17, 15) is 4.79 Å². The van der Waals surface area contributed by atoms with E-state index in [2.05, 4.69) is 15.3 Å². The van der Waals surface area contributed by atoms with Crippen molar-refractivity contribution in [3.05, 3.63) is 11.9 Å². The van der Waals surface area contributed by atoms with Crippen molar-refractivity contribution in [2.75, 3.05) is 11.1 Å². The Morgan fingerprint density at radius 2 is 2.29 bits per heavy atom. The SMILES string of the molecule is Nc1cnc2c(n1)NC(=O)C1(CC1)C2. The van der Waals surface area contributed by atoms with Crippen molar-refractivity contribution in [3.8, 4) is 0 Å². The van der Waals surface area contributed by atoms with Crippen molar-refractivity contribution in [3.63, 3.8) is 0 Å². The monoisotopic (exact) mass is 190 g/mol. The first kappa shape index (κ1) is 7.73. The fourth-order valence-electron chi connectivity index (χ4n) is 1.85. The van der Waals surface area contributed by atoms with Gasteiger partial charge in [-0.15, -0.1) is 0 Å². The fraction of sp³-hybridized carbons (Fsp3) is 0.444. The zero-order chi connectivity index (χ0) is 9.76. The normalized spacial score (nSPS) is 21.6. The van der Waals surface area contributed by atoms with Crippen LogP contribution in [0.3, 0.4) is 0 Å². The third-order valence-corrected chi connectivity index (χ3v) is 2.94. The van der Waals surface area contributed by atoms with Crippen LogP contribution in [0.15, 0.2) is 6.20 Å². The molecule has 1 amide bonds. The second-order valence-corrected chi connectivity index (χ2v) is 4.00. The molecule has 72 valence electrons. The number of aromatic nitrogens is 2. The van der Waals surface area contributed by atoms with E-state index in [1.807, 2.05) is 0 Å². The molecule has 1 aliphatic heterocycles. The number of nitrogens with zero attached hydrogens (tertiary/aromatic N) is 2. The topological polar surface area (TPSA) is 80.9 Å². The average molecular weight is 190 g/mol. The van der Waals surface area contributed by atoms with Gasteiger partial charge in [0, 0.05) is 6.42 Å². The number of carbonyl (C=O) groups excluding carboxylic acids is 1. The first-order valence-corrected chi connectivity index (χ1v) is 4.62. The Hall–Kier alpha value is -1.65. The molecule has 3 N–H and O–H groups in total. The standard InChI is InChI=1S/C9H10N4O/c10-6-4-11-5-3-9(1-2-9)8(14)13-7(5)12-6/h4H,1-3H2,(H3,10,12,13,14). The highest BCUT2D eigenvalue weighted by atomic mass is 16.2. The summed E-state index contributed by atoms with van der Waals surface area (Å²) in [6.45, 7) is 0. The Bertz CT molecular complexity index is 425. The van der Waals surface area contributed by atoms with E-state index in [4.69, 9.17) is 5.73 Å². The summed E-state index contributed by atoms with van der Waals surface area (Å²) >= 11 is 0. The van der Waals surface area contributed by atoms with Crippen LogP contribution >= 0.6 is 0 Å². The van der Waals surface area contributed by atoms with Gasteiger partial charge in [0.05, 0.1) is 17.3 Å². The fourth-order valence-corrected chi connectivity index (χ4v) is 1.85. The summed E-state index contributed by atoms with van der Waals surface area (Å²) in [5.41, 5.74) is 6.17. The van der Waals surface area contributed by atoms with Crippen molar-refractivity contribution in [1.29, 1.82) is 0 Å². The van der Waals surface area contributed by atoms with Gasteiger partial charge in [-0.3, -0.25) is 9.78 Å². The maximum atomic E-state index is 11.6. The van der Waals surface area contributed by atoms with Crippen LogP contribution in [0.2, 0.25) is 0 Å². The summed E-state index contributed by atoms with van der Waals surface area (Å²) in [7, 11) is 0. The number of hydrogen-bond acceptors (Lipinski definition) is 4. The van der Waals surface area contributed by atoms with Crippen molar-refractivity contribution in [2.45, 2.75) is 19.3 Å². The van der Waals surface area contributed by atoms with Crippen molar-refractivity contribution < 1.29 is 4.79 Å². The molecule has 14 heavy (non-hydrogen) atoms. The van der Waals surface area contributed by atoms with E-state index in [0.29, 0.717) is 18.1 Å². The molecule has 0 atom stereocenters. The van der Waals surface area contributed by atoms with Gasteiger partial charge in [0.15, 0.2) is 5.82 Å². The highest BCUT2D eigenvalue weighted by Gasteiger charge is 2.52. The number of amides is 1. The van der Waals surface area contributed by atoms with E-state index in [1.54, 1.807) is 0 Å². The lowest BCUT2D eigenvalue weighted by atomic mass is 9.95. The Balaban J connectivity index is 2.06. The van der Waals surface area contributed by atoms with Gasteiger partial charge in [-0.2, -0.15) is 0 Å². The van der Waals surface area contributed by atoms with E-state index < -0.39 is 0 Å². The maximum absolute atomic E-state index is 11.6. The third kappa shape index (κ3) is 0.921. The van der Waals surface area contributed by atoms with Crippen LogP contribution in [-0.4, -0.2) is 15.9 Å². The Kier molecular flexibility index (Phi) is 1.23. The molecule has 1 aliphatic carbocycles. The lowest BCUT2D eigenvalue weighted by Crippen LogP contribution is -2.32. The average Bonchev–Trinajstić information content (AvgIpc) is 2.89. The molecule has 0 saturated heterocycles. The van der Waals surface area contributed by atoms with Gasteiger partial charge in [0.1, 0.15) is 5.82 Å². The number of fused-ring (bicyclic) bond motifs is 1. The molecular formula is C9H10N4O. The molecule has 1 aromatic rings. The van der Waals surface area contributed by atoms with Gasteiger partial charge in [-0.05, 0) is 12.8 Å². The summed E-state index contributed by atoms with van der Waals surface area (Å²) in [5, 5.41) is 2.76. The summed E-state index contributed by atoms with van der Waals surface area (Å²) in [5.74, 6) is 0.952. The predicted molar refractivity (Wildman–Crippen MR) is 50.4 cm³/mol. The first-order chi connectivity index (χ1) is 6.70. The van der Waals surface area contributed by atoms with Gasteiger partial charge >= 0.3 is 0 Å². The van der Waals surface area contributed by atoms with Crippen LogP contribution in [-0.2, 0) is 11.2 Å². The largest absolute Gasteiger partial charge is 0.382 e. The van der Waals surface area contributed by atoms with Crippen molar-refractivity contribution in [1.82, 2.24) is 9.97 Å². The molecule has 1 saturated carbocycles. The summed E-state index contributed by atoms with van der Waals surface area (Å²) < 4.78 is 0. The maximum Gasteiger partial charge on any atom is 0.232 e. The number of rotatable bonds is 0. The number of anilines is 2. The van der Waals surface area contributed by atoms with Crippen LogP contribution in [0.5, 0.6) is 0 Å². The van der Waals surface area contributed by atoms with Crippen LogP contribution in [0.25, 0.3) is 0 Å². The van der Waals surface area contributed by atoms with Gasteiger partial charge < -0.3 is 11.1 Å². The van der Waals surface area contributed by atoms with E-state index >= 15 is 0 Å². The molecule has 3 rings (SSSR count). The number of carbonyl (C=O) groups is 1. The predicted octanol–water partition coefficient (Wildman–Crippen LogP) is 0.334. The van der Waals surface area contributed by atoms with Crippen molar-refractivity contribution in [2.24, 2.45) is 5.41 Å². The summed E-state index contributed by atoms with van der Waals surface area (Å²) in [6, 6.07) is 0. The van der Waals surface area contributed by atoms with Gasteiger partial charge in [0.25, 0.3) is 0 Å². The second-order valence-electron chi connectivity index (χ2n) is 4.00. The minimum absolute atomic E-state index is 0.0740. The molecule has 1 aromatic heterocycles. The molecule has 1 fully saturated rings. The first-order valence-electron chi connectivity index (χ1n) is 4.62. The Morgan fingerprint density at radius 3 is 3.00 bits per heavy atom. The highest BCUT2D eigenvalue weighted by Crippen LogP contribution is 2.51. The molecule has 5 heteroatoms. The van der Waals surface area contributed by atoms with Gasteiger partial charge in [-0.25, -0.2) is 4.98 Å². The number of nitrogens with one attached hydrogen (secondary N) is 1. The number of hydrogen-bond donors (Lipinski definition) is 2. The summed E-state index contributed by atoms with van der Waals surface area (Å²) in [6.07, 6.45) is 4.17. The highest BCUT2D eigenvalue weighted by molar-refractivity contribution is 5.99. The van der Waals surface area contributed by atoms with E-state index in [1.165, 1.54) is 6.20 Å². The molecule has 0 unspecified atom stereocenters. The van der Waals surface area contributed by atoms with E-state index in [-0.39, 0.29) is 11.3 Å². The Labute approximate surface area is 80.7 Å². The molecule has 2 aliphatic rings. The minimum Gasteiger partial charge on any atom is -0.382 e.